The van der Waals surface area contributed by atoms with Gasteiger partial charge in [-0.15, -0.1) is 0 Å². The molecule has 1 atom stereocenters. The van der Waals surface area contributed by atoms with Gasteiger partial charge < -0.3 is 5.32 Å². The molecule has 1 aliphatic rings. The molecule has 0 radical (unpaired) electrons. The molecule has 21 heavy (non-hydrogen) atoms. The number of thiocyanates is 1. The summed E-state index contributed by atoms with van der Waals surface area (Å²) in [4.78, 5) is 17.0. The normalized spacial score (nSPS) is 17.0. The van der Waals surface area contributed by atoms with Crippen LogP contribution in [0.1, 0.15) is 5.56 Å². The first kappa shape index (κ1) is 13.4. The second-order valence-electron chi connectivity index (χ2n) is 4.46. The van der Waals surface area contributed by atoms with Crippen molar-refractivity contribution in [2.75, 3.05) is 5.32 Å². The molecule has 0 fully saturated rings. The van der Waals surface area contributed by atoms with Crippen LogP contribution in [0.25, 0.3) is 0 Å². The van der Waals surface area contributed by atoms with Gasteiger partial charge in [-0.3, -0.25) is 4.79 Å². The molecule has 2 aromatic carbocycles. The van der Waals surface area contributed by atoms with E-state index in [-0.39, 0.29) is 5.91 Å². The Labute approximate surface area is 126 Å². The van der Waals surface area contributed by atoms with Gasteiger partial charge in [0.2, 0.25) is 5.91 Å². The second kappa shape index (κ2) is 5.81. The van der Waals surface area contributed by atoms with Crippen LogP contribution in [-0.4, -0.2) is 16.9 Å². The SMILES string of the molecule is N#CS[C@H]1C(=O)Nc2ccccc2N=C1c1ccccc1. The summed E-state index contributed by atoms with van der Waals surface area (Å²) in [5, 5.41) is 13.2. The summed E-state index contributed by atoms with van der Waals surface area (Å²) in [6.07, 6.45) is 0. The van der Waals surface area contributed by atoms with E-state index in [1.54, 1.807) is 6.07 Å². The van der Waals surface area contributed by atoms with Gasteiger partial charge in [0, 0.05) is 0 Å². The minimum Gasteiger partial charge on any atom is -0.323 e. The summed E-state index contributed by atoms with van der Waals surface area (Å²) < 4.78 is 0. The van der Waals surface area contributed by atoms with Crippen LogP contribution in [-0.2, 0) is 4.79 Å². The van der Waals surface area contributed by atoms with Gasteiger partial charge in [0.1, 0.15) is 10.7 Å². The first-order chi connectivity index (χ1) is 10.3. The number of nitrogens with zero attached hydrogens (tertiary/aromatic N) is 2. The second-order valence-corrected chi connectivity index (χ2v) is 5.35. The summed E-state index contributed by atoms with van der Waals surface area (Å²) in [6, 6.07) is 16.8. The van der Waals surface area contributed by atoms with Gasteiger partial charge in [-0.2, -0.15) is 5.26 Å². The van der Waals surface area contributed by atoms with E-state index in [9.17, 15) is 4.79 Å². The number of benzene rings is 2. The summed E-state index contributed by atoms with van der Waals surface area (Å²) in [5.74, 6) is -0.228. The minimum atomic E-state index is -0.648. The Morgan fingerprint density at radius 3 is 2.57 bits per heavy atom. The highest BCUT2D eigenvalue weighted by molar-refractivity contribution is 8.05. The molecule has 2 aromatic rings. The van der Waals surface area contributed by atoms with Crippen molar-refractivity contribution < 1.29 is 4.79 Å². The molecule has 3 rings (SSSR count). The lowest BCUT2D eigenvalue weighted by molar-refractivity contribution is -0.114. The van der Waals surface area contributed by atoms with E-state index in [0.717, 1.165) is 17.3 Å². The number of carbonyl (C=O) groups excluding carboxylic acids is 1. The van der Waals surface area contributed by atoms with E-state index in [2.05, 4.69) is 10.3 Å². The molecule has 0 unspecified atom stereocenters. The zero-order chi connectivity index (χ0) is 14.7. The highest BCUT2D eigenvalue weighted by atomic mass is 32.2. The van der Waals surface area contributed by atoms with Crippen molar-refractivity contribution >= 4 is 34.8 Å². The van der Waals surface area contributed by atoms with Gasteiger partial charge in [-0.25, -0.2) is 4.99 Å². The standard InChI is InChI=1S/C16H11N3OS/c17-10-21-15-14(11-6-2-1-3-7-11)18-12-8-4-5-9-13(12)19-16(15)20/h1-9,15H,(H,19,20)/t15-/m1/s1. The molecule has 0 bridgehead atoms. The summed E-state index contributed by atoms with van der Waals surface area (Å²) >= 11 is 0.910. The molecule has 1 aliphatic heterocycles. The lowest BCUT2D eigenvalue weighted by Crippen LogP contribution is -2.31. The molecule has 4 nitrogen and oxygen atoms in total. The third kappa shape index (κ3) is 2.67. The summed E-state index contributed by atoms with van der Waals surface area (Å²) in [6.45, 7) is 0. The Morgan fingerprint density at radius 2 is 1.81 bits per heavy atom. The maximum Gasteiger partial charge on any atom is 0.244 e. The average Bonchev–Trinajstić information content (AvgIpc) is 2.66. The first-order valence-corrected chi connectivity index (χ1v) is 7.26. The number of fused-ring (bicyclic) bond motifs is 1. The Balaban J connectivity index is 2.17. The Bertz CT molecular complexity index is 750. The van der Waals surface area contributed by atoms with Crippen molar-refractivity contribution in [3.63, 3.8) is 0 Å². The predicted molar refractivity (Wildman–Crippen MR) is 84.7 cm³/mol. The van der Waals surface area contributed by atoms with Crippen LogP contribution < -0.4 is 5.32 Å². The largest absolute Gasteiger partial charge is 0.323 e. The fourth-order valence-corrected chi connectivity index (χ4v) is 2.75. The zero-order valence-corrected chi connectivity index (χ0v) is 11.8. The highest BCUT2D eigenvalue weighted by Crippen LogP contribution is 2.31. The molecule has 1 amide bonds. The van der Waals surface area contributed by atoms with Gasteiger partial charge in [0.15, 0.2) is 0 Å². The van der Waals surface area contributed by atoms with Gasteiger partial charge in [0.25, 0.3) is 0 Å². The summed E-state index contributed by atoms with van der Waals surface area (Å²) in [7, 11) is 0. The number of hydrogen-bond donors (Lipinski definition) is 1. The number of nitriles is 1. The third-order valence-electron chi connectivity index (χ3n) is 3.13. The number of para-hydroxylation sites is 2. The van der Waals surface area contributed by atoms with E-state index in [0.29, 0.717) is 17.1 Å². The van der Waals surface area contributed by atoms with E-state index in [1.165, 1.54) is 0 Å². The first-order valence-electron chi connectivity index (χ1n) is 6.38. The molecule has 0 saturated carbocycles. The van der Waals surface area contributed by atoms with Gasteiger partial charge >= 0.3 is 0 Å². The van der Waals surface area contributed by atoms with Crippen LogP contribution in [0.2, 0.25) is 0 Å². The van der Waals surface area contributed by atoms with Crippen LogP contribution >= 0.6 is 11.8 Å². The lowest BCUT2D eigenvalue weighted by Gasteiger charge is -2.12. The van der Waals surface area contributed by atoms with E-state index >= 15 is 0 Å². The molecule has 0 saturated heterocycles. The topological polar surface area (TPSA) is 65.2 Å². The fraction of sp³-hybridized carbons (Fsp3) is 0.0625. The molecular weight excluding hydrogens is 282 g/mol. The number of nitrogens with one attached hydrogen (secondary N) is 1. The van der Waals surface area contributed by atoms with Crippen molar-refractivity contribution in [3.05, 3.63) is 60.2 Å². The van der Waals surface area contributed by atoms with Crippen LogP contribution in [0.5, 0.6) is 0 Å². The Hall–Kier alpha value is -2.58. The van der Waals surface area contributed by atoms with Crippen LogP contribution in [0.4, 0.5) is 11.4 Å². The van der Waals surface area contributed by atoms with Crippen molar-refractivity contribution in [1.29, 1.82) is 5.26 Å². The van der Waals surface area contributed by atoms with Gasteiger partial charge in [-0.05, 0) is 29.5 Å². The van der Waals surface area contributed by atoms with Crippen LogP contribution in [0, 0.1) is 10.7 Å². The van der Waals surface area contributed by atoms with Gasteiger partial charge in [-0.1, -0.05) is 42.5 Å². The van der Waals surface area contributed by atoms with E-state index in [1.807, 2.05) is 53.9 Å². The molecule has 0 aromatic heterocycles. The van der Waals surface area contributed by atoms with Crippen LogP contribution in [0.15, 0.2) is 59.6 Å². The maximum absolute atomic E-state index is 12.4. The molecule has 1 N–H and O–H groups in total. The van der Waals surface area contributed by atoms with Gasteiger partial charge in [0.05, 0.1) is 17.1 Å². The third-order valence-corrected chi connectivity index (χ3v) is 3.91. The smallest absolute Gasteiger partial charge is 0.244 e. The molecule has 102 valence electrons. The van der Waals surface area contributed by atoms with Crippen molar-refractivity contribution in [2.45, 2.75) is 5.25 Å². The molecule has 0 aliphatic carbocycles. The molecular formula is C16H11N3OS. The quantitative estimate of drug-likeness (QED) is 0.864. The van der Waals surface area contributed by atoms with Crippen molar-refractivity contribution in [1.82, 2.24) is 0 Å². The van der Waals surface area contributed by atoms with E-state index < -0.39 is 5.25 Å². The zero-order valence-electron chi connectivity index (χ0n) is 11.0. The average molecular weight is 293 g/mol. The number of aliphatic imine (C=N–C) groups is 1. The number of rotatable bonds is 2. The number of carbonyl (C=O) groups is 1. The predicted octanol–water partition coefficient (Wildman–Crippen LogP) is 3.34. The van der Waals surface area contributed by atoms with Crippen LogP contribution in [0.3, 0.4) is 0 Å². The number of thioether (sulfide) groups is 1. The maximum atomic E-state index is 12.4. The Morgan fingerprint density at radius 1 is 1.10 bits per heavy atom. The van der Waals surface area contributed by atoms with E-state index in [4.69, 9.17) is 5.26 Å². The minimum absolute atomic E-state index is 0.228. The molecule has 0 spiro atoms. The highest BCUT2D eigenvalue weighted by Gasteiger charge is 2.29. The molecule has 5 heteroatoms. The van der Waals surface area contributed by atoms with Crippen molar-refractivity contribution in [2.24, 2.45) is 4.99 Å². The van der Waals surface area contributed by atoms with Crippen molar-refractivity contribution in [3.8, 4) is 5.40 Å². The monoisotopic (exact) mass is 293 g/mol. The fourth-order valence-electron chi connectivity index (χ4n) is 2.17. The Kier molecular flexibility index (Phi) is 3.71. The lowest BCUT2D eigenvalue weighted by atomic mass is 10.1. The number of hydrogen-bond acceptors (Lipinski definition) is 4. The number of amides is 1. The summed E-state index contributed by atoms with van der Waals surface area (Å²) in [5.41, 5.74) is 2.81. The number of anilines is 1. The molecule has 1 heterocycles.